The van der Waals surface area contributed by atoms with Crippen molar-refractivity contribution in [3.8, 4) is 28.1 Å². The number of rotatable bonds is 8. The molecule has 5 aromatic rings. The maximum Gasteiger partial charge on any atom is 0.405 e. The number of fused-ring (bicyclic) bond motifs is 6. The number of nitrogens with zero attached hydrogens (tertiary/aromatic N) is 3. The van der Waals surface area contributed by atoms with E-state index in [1.807, 2.05) is 26.1 Å². The summed E-state index contributed by atoms with van der Waals surface area (Å²) in [6.45, 7) is 8.36. The fourth-order valence-electron chi connectivity index (χ4n) is 8.03. The van der Waals surface area contributed by atoms with Crippen LogP contribution < -0.4 is 15.4 Å². The Morgan fingerprint density at radius 2 is 1.96 bits per heavy atom. The molecular formula is C38H43N7O5. The van der Waals surface area contributed by atoms with Gasteiger partial charge in [0.05, 0.1) is 41.6 Å². The number of nitrogens with one attached hydrogen (secondary N) is 4. The monoisotopic (exact) mass is 677 g/mol. The molecule has 0 spiro atoms. The average Bonchev–Trinajstić information content (AvgIpc) is 3.92. The molecule has 5 unspecified atom stereocenters. The Morgan fingerprint density at radius 3 is 2.72 bits per heavy atom. The molecule has 2 aromatic heterocycles. The minimum Gasteiger partial charge on any atom is -0.488 e. The summed E-state index contributed by atoms with van der Waals surface area (Å²) in [6.07, 6.45) is 2.44. The molecule has 0 bridgehead atoms. The topological polar surface area (TPSA) is 157 Å². The van der Waals surface area contributed by atoms with E-state index in [-0.39, 0.29) is 29.8 Å². The van der Waals surface area contributed by atoms with Crippen molar-refractivity contribution >= 4 is 33.8 Å². The normalized spacial score (nSPS) is 22.1. The van der Waals surface area contributed by atoms with Crippen LogP contribution in [-0.2, 0) is 16.1 Å². The number of benzene rings is 3. The second kappa shape index (κ2) is 12.7. The molecule has 3 aromatic carbocycles. The second-order valence-corrected chi connectivity index (χ2v) is 14.5. The molecule has 2 fully saturated rings. The SMILES string of the molecule is COCC1CC(c2nc3ccc4cc5c(cc4c3[nH]2)OCc2cc(-c3cnc(C4CC(C)CN4)[nH]3)ccc2-5)N(C(=O)C(NC(=O)O)C(C)C)C1. The van der Waals surface area contributed by atoms with E-state index in [9.17, 15) is 14.7 Å². The number of carboxylic acid groups (broad SMARTS) is 1. The molecule has 12 nitrogen and oxygen atoms in total. The molecule has 2 saturated heterocycles. The first-order chi connectivity index (χ1) is 24.2. The Bertz CT molecular complexity index is 2100. The van der Waals surface area contributed by atoms with Crippen LogP contribution in [0.15, 0.2) is 48.7 Å². The number of hydrogen-bond acceptors (Lipinski definition) is 7. The zero-order valence-corrected chi connectivity index (χ0v) is 28.7. The van der Waals surface area contributed by atoms with Crippen molar-refractivity contribution in [1.82, 2.24) is 35.5 Å². The van der Waals surface area contributed by atoms with Crippen molar-refractivity contribution in [3.63, 3.8) is 0 Å². The van der Waals surface area contributed by atoms with Crippen LogP contribution in [-0.4, -0.2) is 74.8 Å². The number of hydrogen-bond donors (Lipinski definition) is 5. The first kappa shape index (κ1) is 32.3. The van der Waals surface area contributed by atoms with Crippen molar-refractivity contribution in [2.24, 2.45) is 17.8 Å². The van der Waals surface area contributed by atoms with Crippen LogP contribution in [0.1, 0.15) is 62.9 Å². The summed E-state index contributed by atoms with van der Waals surface area (Å²) >= 11 is 0. The molecule has 3 aliphatic heterocycles. The van der Waals surface area contributed by atoms with Gasteiger partial charge in [0.15, 0.2) is 0 Å². The Morgan fingerprint density at radius 1 is 1.10 bits per heavy atom. The van der Waals surface area contributed by atoms with E-state index in [0.717, 1.165) is 74.3 Å². The predicted octanol–water partition coefficient (Wildman–Crippen LogP) is 6.16. The van der Waals surface area contributed by atoms with Crippen molar-refractivity contribution in [1.29, 1.82) is 0 Å². The lowest BCUT2D eigenvalue weighted by Crippen LogP contribution is -2.51. The standard InChI is InChI=1S/C38H43N7O5/c1-19(2)33(44-38(47)48)37(46)45-16-21(17-49-4)10-31(45)36-41-28-8-6-22-12-27-25-7-5-23(30-15-40-35(42-30)29-9-20(3)14-39-29)11-24(25)18-50-32(27)13-26(22)34(28)43-36/h5-8,11-13,15,19-21,29,31,33,39,44H,9-10,14,16-18H2,1-4H3,(H,40,42)(H,41,43)(H,47,48). The largest absolute Gasteiger partial charge is 0.488 e. The fraction of sp³-hybridized carbons (Fsp3) is 0.421. The van der Waals surface area contributed by atoms with Crippen molar-refractivity contribution < 1.29 is 24.2 Å². The summed E-state index contributed by atoms with van der Waals surface area (Å²) in [5.74, 6) is 2.74. The number of likely N-dealkylation sites (tertiary alicyclic amines) is 1. The van der Waals surface area contributed by atoms with E-state index in [1.54, 1.807) is 12.0 Å². The fourth-order valence-corrected chi connectivity index (χ4v) is 8.03. The highest BCUT2D eigenvalue weighted by atomic mass is 16.5. The third-order valence-corrected chi connectivity index (χ3v) is 10.6. The summed E-state index contributed by atoms with van der Waals surface area (Å²) in [5, 5.41) is 17.5. The number of H-pyrrole nitrogens is 2. The van der Waals surface area contributed by atoms with Gasteiger partial charge in [-0.1, -0.05) is 39.0 Å². The van der Waals surface area contributed by atoms with Gasteiger partial charge < -0.3 is 40.1 Å². The molecule has 0 aliphatic carbocycles. The summed E-state index contributed by atoms with van der Waals surface area (Å²) in [4.78, 5) is 43.9. The molecular weight excluding hydrogens is 634 g/mol. The highest BCUT2D eigenvalue weighted by molar-refractivity contribution is 6.07. The molecule has 0 radical (unpaired) electrons. The molecule has 5 heterocycles. The number of methoxy groups -OCH3 is 1. The van der Waals surface area contributed by atoms with Crippen LogP contribution in [0, 0.1) is 17.8 Å². The number of carbonyl (C=O) groups excluding carboxylic acids is 1. The van der Waals surface area contributed by atoms with Gasteiger partial charge in [-0.3, -0.25) is 4.79 Å². The number of aromatic nitrogens is 4. The van der Waals surface area contributed by atoms with E-state index in [1.165, 1.54) is 0 Å². The van der Waals surface area contributed by atoms with Gasteiger partial charge in [-0.15, -0.1) is 0 Å². The minimum absolute atomic E-state index is 0.0981. The Balaban J connectivity index is 1.10. The van der Waals surface area contributed by atoms with Crippen LogP contribution >= 0.6 is 0 Å². The molecule has 8 rings (SSSR count). The first-order valence-electron chi connectivity index (χ1n) is 17.5. The first-order valence-corrected chi connectivity index (χ1v) is 17.5. The maximum absolute atomic E-state index is 13.8. The molecule has 0 saturated carbocycles. The highest BCUT2D eigenvalue weighted by Crippen LogP contribution is 2.43. The number of aromatic amines is 2. The lowest BCUT2D eigenvalue weighted by molar-refractivity contribution is -0.135. The Kier molecular flexibility index (Phi) is 8.23. The quantitative estimate of drug-likeness (QED) is 0.131. The van der Waals surface area contributed by atoms with Crippen molar-refractivity contribution in [3.05, 3.63) is 65.9 Å². The zero-order chi connectivity index (χ0) is 34.7. The van der Waals surface area contributed by atoms with Gasteiger partial charge in [0.2, 0.25) is 5.91 Å². The lowest BCUT2D eigenvalue weighted by Gasteiger charge is -2.29. The van der Waals surface area contributed by atoms with Crippen LogP contribution in [0.25, 0.3) is 44.2 Å². The summed E-state index contributed by atoms with van der Waals surface area (Å²) in [5.41, 5.74) is 7.06. The number of ether oxygens (including phenoxy) is 2. The average molecular weight is 678 g/mol. The Hall–Kier alpha value is -4.94. The van der Waals surface area contributed by atoms with Crippen LogP contribution in [0.4, 0.5) is 4.79 Å². The van der Waals surface area contributed by atoms with Gasteiger partial charge in [0, 0.05) is 30.5 Å². The summed E-state index contributed by atoms with van der Waals surface area (Å²) < 4.78 is 11.8. The molecule has 3 aliphatic rings. The Labute approximate surface area is 290 Å². The maximum atomic E-state index is 13.8. The predicted molar refractivity (Wildman–Crippen MR) is 190 cm³/mol. The van der Waals surface area contributed by atoms with Crippen LogP contribution in [0.3, 0.4) is 0 Å². The van der Waals surface area contributed by atoms with E-state index >= 15 is 0 Å². The molecule has 5 N–H and O–H groups in total. The van der Waals surface area contributed by atoms with Crippen molar-refractivity contribution in [2.45, 2.75) is 58.3 Å². The molecule has 260 valence electrons. The molecule has 5 atom stereocenters. The lowest BCUT2D eigenvalue weighted by atomic mass is 9.92. The number of amides is 2. The minimum atomic E-state index is -1.22. The third kappa shape index (κ3) is 5.75. The van der Waals surface area contributed by atoms with E-state index in [0.29, 0.717) is 37.9 Å². The highest BCUT2D eigenvalue weighted by Gasteiger charge is 2.41. The van der Waals surface area contributed by atoms with E-state index in [4.69, 9.17) is 14.5 Å². The van der Waals surface area contributed by atoms with Crippen LogP contribution in [0.2, 0.25) is 0 Å². The van der Waals surface area contributed by atoms with E-state index in [2.05, 4.69) is 68.9 Å². The van der Waals surface area contributed by atoms with E-state index < -0.39 is 12.1 Å². The molecule has 2 amide bonds. The second-order valence-electron chi connectivity index (χ2n) is 14.5. The van der Waals surface area contributed by atoms with Gasteiger partial charge in [0.1, 0.15) is 30.0 Å². The van der Waals surface area contributed by atoms with Gasteiger partial charge in [0.25, 0.3) is 0 Å². The van der Waals surface area contributed by atoms with Gasteiger partial charge in [-0.2, -0.15) is 0 Å². The zero-order valence-electron chi connectivity index (χ0n) is 28.7. The van der Waals surface area contributed by atoms with Crippen molar-refractivity contribution in [2.75, 3.05) is 26.8 Å². The van der Waals surface area contributed by atoms with Gasteiger partial charge in [-0.05, 0) is 77.6 Å². The number of imidazole rings is 2. The molecule has 12 heteroatoms. The van der Waals surface area contributed by atoms with Crippen LogP contribution in [0.5, 0.6) is 5.75 Å². The van der Waals surface area contributed by atoms with Gasteiger partial charge >= 0.3 is 6.09 Å². The summed E-state index contributed by atoms with van der Waals surface area (Å²) in [6, 6.07) is 13.9. The third-order valence-electron chi connectivity index (χ3n) is 10.6. The summed E-state index contributed by atoms with van der Waals surface area (Å²) in [7, 11) is 1.65. The smallest absolute Gasteiger partial charge is 0.405 e. The van der Waals surface area contributed by atoms with Gasteiger partial charge in [-0.25, -0.2) is 14.8 Å². The number of carbonyl (C=O) groups is 2. The molecule has 50 heavy (non-hydrogen) atoms.